The van der Waals surface area contributed by atoms with E-state index in [4.69, 9.17) is 15.9 Å². The van der Waals surface area contributed by atoms with E-state index >= 15 is 0 Å². The van der Waals surface area contributed by atoms with Gasteiger partial charge in [0.05, 0.1) is 17.8 Å². The summed E-state index contributed by atoms with van der Waals surface area (Å²) in [5.74, 6) is -2.76. The van der Waals surface area contributed by atoms with Gasteiger partial charge in [-0.15, -0.1) is 0 Å². The van der Waals surface area contributed by atoms with Crippen molar-refractivity contribution in [3.63, 3.8) is 0 Å². The molecule has 0 aliphatic rings. The summed E-state index contributed by atoms with van der Waals surface area (Å²) in [6.07, 6.45) is -0.715. The number of urea groups is 1. The molecule has 1 atom stereocenters. The fraction of sp³-hybridized carbons (Fsp3) is 0.182. The lowest BCUT2D eigenvalue weighted by molar-refractivity contribution is -0.145. The first kappa shape index (κ1) is 14.3. The molecule has 0 spiro atoms. The van der Waals surface area contributed by atoms with Gasteiger partial charge >= 0.3 is 18.0 Å². The lowest BCUT2D eigenvalue weighted by Gasteiger charge is -2.14. The van der Waals surface area contributed by atoms with E-state index in [0.717, 1.165) is 0 Å². The van der Waals surface area contributed by atoms with Gasteiger partial charge in [0.1, 0.15) is 6.04 Å². The maximum atomic E-state index is 11.5. The average molecular weight is 267 g/mol. The van der Waals surface area contributed by atoms with Crippen molar-refractivity contribution in [2.75, 3.05) is 11.1 Å². The molecule has 0 aliphatic carbocycles. The standard InChI is InChI=1S/C11H13N3O5/c12-6-3-1-2-4-7(6)13-11(19)14-8(10(17)18)5-9(15)16/h1-4,8H,5,12H2,(H,15,16)(H,17,18)(H2,13,14,19). The number of nitrogens with one attached hydrogen (secondary N) is 2. The molecule has 1 aromatic rings. The molecule has 6 N–H and O–H groups in total. The van der Waals surface area contributed by atoms with Gasteiger partial charge in [-0.25, -0.2) is 9.59 Å². The highest BCUT2D eigenvalue weighted by molar-refractivity contribution is 5.95. The number of anilines is 2. The van der Waals surface area contributed by atoms with Gasteiger partial charge in [0.2, 0.25) is 0 Å². The lowest BCUT2D eigenvalue weighted by Crippen LogP contribution is -2.44. The largest absolute Gasteiger partial charge is 0.481 e. The Morgan fingerprint density at radius 2 is 1.84 bits per heavy atom. The van der Waals surface area contributed by atoms with Crippen LogP contribution in [-0.2, 0) is 9.59 Å². The van der Waals surface area contributed by atoms with E-state index in [9.17, 15) is 14.4 Å². The Kier molecular flexibility index (Phi) is 4.69. The van der Waals surface area contributed by atoms with E-state index in [1.54, 1.807) is 18.2 Å². The molecule has 0 bridgehead atoms. The Bertz CT molecular complexity index is 503. The summed E-state index contributed by atoms with van der Waals surface area (Å²) in [5.41, 5.74) is 6.20. The highest BCUT2D eigenvalue weighted by Gasteiger charge is 2.23. The minimum Gasteiger partial charge on any atom is -0.481 e. The summed E-state index contributed by atoms with van der Waals surface area (Å²) in [4.78, 5) is 32.7. The predicted octanol–water partition coefficient (Wildman–Crippen LogP) is 0.318. The van der Waals surface area contributed by atoms with Gasteiger partial charge in [0, 0.05) is 0 Å². The van der Waals surface area contributed by atoms with Crippen molar-refractivity contribution in [3.8, 4) is 0 Å². The Morgan fingerprint density at radius 1 is 1.21 bits per heavy atom. The van der Waals surface area contributed by atoms with Crippen LogP contribution in [0.4, 0.5) is 16.2 Å². The zero-order valence-electron chi connectivity index (χ0n) is 9.79. The third-order valence-electron chi connectivity index (χ3n) is 2.19. The van der Waals surface area contributed by atoms with E-state index in [-0.39, 0.29) is 0 Å². The number of carbonyl (C=O) groups is 3. The summed E-state index contributed by atoms with van der Waals surface area (Å²) in [5, 5.41) is 21.7. The van der Waals surface area contributed by atoms with Crippen LogP contribution < -0.4 is 16.4 Å². The highest BCUT2D eigenvalue weighted by atomic mass is 16.4. The zero-order chi connectivity index (χ0) is 14.4. The topological polar surface area (TPSA) is 142 Å². The van der Waals surface area contributed by atoms with Crippen LogP contribution in [0.1, 0.15) is 6.42 Å². The molecule has 0 radical (unpaired) electrons. The van der Waals surface area contributed by atoms with Gasteiger partial charge in [-0.2, -0.15) is 0 Å². The first-order chi connectivity index (χ1) is 8.90. The second kappa shape index (κ2) is 6.24. The number of hydrogen-bond donors (Lipinski definition) is 5. The molecule has 0 saturated heterocycles. The normalized spacial score (nSPS) is 11.4. The number of amides is 2. The van der Waals surface area contributed by atoms with Crippen molar-refractivity contribution >= 4 is 29.3 Å². The first-order valence-electron chi connectivity index (χ1n) is 5.26. The number of para-hydroxylation sites is 2. The van der Waals surface area contributed by atoms with Crippen molar-refractivity contribution in [1.82, 2.24) is 5.32 Å². The monoisotopic (exact) mass is 267 g/mol. The highest BCUT2D eigenvalue weighted by Crippen LogP contribution is 2.16. The molecule has 19 heavy (non-hydrogen) atoms. The van der Waals surface area contributed by atoms with Crippen LogP contribution in [0, 0.1) is 0 Å². The van der Waals surface area contributed by atoms with Crippen LogP contribution >= 0.6 is 0 Å². The summed E-state index contributed by atoms with van der Waals surface area (Å²) < 4.78 is 0. The number of nitrogen functional groups attached to an aromatic ring is 1. The van der Waals surface area contributed by atoms with Crippen molar-refractivity contribution in [2.45, 2.75) is 12.5 Å². The number of carboxylic acids is 2. The molecular weight excluding hydrogens is 254 g/mol. The van der Waals surface area contributed by atoms with Crippen molar-refractivity contribution in [3.05, 3.63) is 24.3 Å². The van der Waals surface area contributed by atoms with E-state index in [1.807, 2.05) is 5.32 Å². The van der Waals surface area contributed by atoms with Crippen LogP contribution in [0.3, 0.4) is 0 Å². The van der Waals surface area contributed by atoms with Crippen LogP contribution in [-0.4, -0.2) is 34.2 Å². The van der Waals surface area contributed by atoms with Crippen molar-refractivity contribution in [1.29, 1.82) is 0 Å². The number of rotatable bonds is 5. The van der Waals surface area contributed by atoms with Crippen LogP contribution in [0.15, 0.2) is 24.3 Å². The molecule has 1 unspecified atom stereocenters. The zero-order valence-corrected chi connectivity index (χ0v) is 9.79. The Balaban J connectivity index is 2.65. The van der Waals surface area contributed by atoms with Gasteiger partial charge in [-0.3, -0.25) is 4.79 Å². The molecule has 2 amide bonds. The fourth-order valence-corrected chi connectivity index (χ4v) is 1.30. The fourth-order valence-electron chi connectivity index (χ4n) is 1.30. The molecule has 0 saturated carbocycles. The number of carboxylic acid groups (broad SMARTS) is 2. The second-order valence-corrected chi connectivity index (χ2v) is 3.67. The van der Waals surface area contributed by atoms with Crippen LogP contribution in [0.5, 0.6) is 0 Å². The molecule has 8 heteroatoms. The molecule has 102 valence electrons. The maximum Gasteiger partial charge on any atom is 0.326 e. The molecule has 1 aromatic carbocycles. The van der Waals surface area contributed by atoms with E-state index in [1.165, 1.54) is 6.07 Å². The van der Waals surface area contributed by atoms with E-state index in [0.29, 0.717) is 11.4 Å². The van der Waals surface area contributed by atoms with Gasteiger partial charge in [-0.1, -0.05) is 12.1 Å². The van der Waals surface area contributed by atoms with Crippen molar-refractivity contribution < 1.29 is 24.6 Å². The summed E-state index contributed by atoms with van der Waals surface area (Å²) in [7, 11) is 0. The van der Waals surface area contributed by atoms with E-state index < -0.39 is 30.4 Å². The molecule has 0 heterocycles. The molecule has 0 aliphatic heterocycles. The van der Waals surface area contributed by atoms with E-state index in [2.05, 4.69) is 5.32 Å². The van der Waals surface area contributed by atoms with Gasteiger partial charge in [0.15, 0.2) is 0 Å². The molecule has 1 rings (SSSR count). The predicted molar refractivity (Wildman–Crippen MR) is 66.7 cm³/mol. The summed E-state index contributed by atoms with van der Waals surface area (Å²) in [6.45, 7) is 0. The number of carbonyl (C=O) groups excluding carboxylic acids is 1. The smallest absolute Gasteiger partial charge is 0.326 e. The number of benzene rings is 1. The number of hydrogen-bond acceptors (Lipinski definition) is 4. The first-order valence-corrected chi connectivity index (χ1v) is 5.26. The quantitative estimate of drug-likeness (QED) is 0.486. The molecule has 0 fully saturated rings. The molecule has 8 nitrogen and oxygen atoms in total. The van der Waals surface area contributed by atoms with Gasteiger partial charge in [-0.05, 0) is 12.1 Å². The van der Waals surface area contributed by atoms with Gasteiger partial charge in [0.25, 0.3) is 0 Å². The molecular formula is C11H13N3O5. The third kappa shape index (κ3) is 4.54. The number of nitrogens with two attached hydrogens (primary N) is 1. The Morgan fingerprint density at radius 3 is 2.37 bits per heavy atom. The lowest BCUT2D eigenvalue weighted by atomic mass is 10.2. The minimum absolute atomic E-state index is 0.305. The minimum atomic E-state index is -1.51. The second-order valence-electron chi connectivity index (χ2n) is 3.67. The SMILES string of the molecule is Nc1ccccc1NC(=O)NC(CC(=O)O)C(=O)O. The summed E-state index contributed by atoms with van der Waals surface area (Å²) in [6, 6.07) is 4.04. The van der Waals surface area contributed by atoms with Crippen LogP contribution in [0.2, 0.25) is 0 Å². The van der Waals surface area contributed by atoms with Gasteiger partial charge < -0.3 is 26.6 Å². The summed E-state index contributed by atoms with van der Waals surface area (Å²) >= 11 is 0. The van der Waals surface area contributed by atoms with Crippen LogP contribution in [0.25, 0.3) is 0 Å². The Labute approximate surface area is 108 Å². The number of aliphatic carboxylic acids is 2. The average Bonchev–Trinajstić information content (AvgIpc) is 2.30. The maximum absolute atomic E-state index is 11.5. The Hall–Kier alpha value is -2.77. The van der Waals surface area contributed by atoms with Crippen molar-refractivity contribution in [2.24, 2.45) is 0 Å². The third-order valence-corrected chi connectivity index (χ3v) is 2.19. The molecule has 0 aromatic heterocycles.